The van der Waals surface area contributed by atoms with Gasteiger partial charge in [-0.3, -0.25) is 10.2 Å². The molecule has 1 aromatic carbocycles. The van der Waals surface area contributed by atoms with Gasteiger partial charge in [0.05, 0.1) is 0 Å². The Balaban J connectivity index is 2.39. The molecular weight excluding hydrogens is 290 g/mol. The Kier molecular flexibility index (Phi) is 3.33. The van der Waals surface area contributed by atoms with Gasteiger partial charge in [0, 0.05) is 15.4 Å². The van der Waals surface area contributed by atoms with Crippen LogP contribution in [0.5, 0.6) is 0 Å². The van der Waals surface area contributed by atoms with Gasteiger partial charge in [-0.1, -0.05) is 34.1 Å². The molecule has 1 aromatic heterocycles. The van der Waals surface area contributed by atoms with Crippen LogP contribution in [0.3, 0.4) is 0 Å². The summed E-state index contributed by atoms with van der Waals surface area (Å²) in [4.78, 5) is 15.4. The van der Waals surface area contributed by atoms with Gasteiger partial charge in [-0.05, 0) is 6.07 Å². The Morgan fingerprint density at radius 3 is 2.88 bits per heavy atom. The molecule has 0 aliphatic rings. The third-order valence-electron chi connectivity index (χ3n) is 1.97. The zero-order valence-electron chi connectivity index (χ0n) is 8.11. The quantitative estimate of drug-likeness (QED) is 0.507. The van der Waals surface area contributed by atoms with Crippen molar-refractivity contribution in [3.05, 3.63) is 39.8 Å². The lowest BCUT2D eigenvalue weighted by molar-refractivity contribution is 0.0949. The summed E-state index contributed by atoms with van der Waals surface area (Å²) >= 11 is 4.84. The molecule has 2 rings (SSSR count). The maximum Gasteiger partial charge on any atom is 0.284 e. The molecule has 0 aliphatic carbocycles. The van der Waals surface area contributed by atoms with E-state index in [9.17, 15) is 4.79 Å². The molecule has 0 atom stereocenters. The molecule has 82 valence electrons. The summed E-state index contributed by atoms with van der Waals surface area (Å²) in [6.07, 6.45) is 0. The second-order valence-electron chi connectivity index (χ2n) is 2.99. The van der Waals surface area contributed by atoms with E-state index in [1.165, 1.54) is 11.3 Å². The van der Waals surface area contributed by atoms with Gasteiger partial charge < -0.3 is 0 Å². The van der Waals surface area contributed by atoms with E-state index in [2.05, 4.69) is 26.3 Å². The molecule has 0 aliphatic heterocycles. The topological polar surface area (TPSA) is 68.0 Å². The Labute approximate surface area is 105 Å². The predicted octanol–water partition coefficient (Wildman–Crippen LogP) is 2.18. The van der Waals surface area contributed by atoms with E-state index < -0.39 is 0 Å². The van der Waals surface area contributed by atoms with Crippen LogP contribution in [0.25, 0.3) is 10.6 Å². The maximum atomic E-state index is 11.2. The Hall–Kier alpha value is -1.24. The Bertz CT molecular complexity index is 526. The van der Waals surface area contributed by atoms with E-state index in [4.69, 9.17) is 5.84 Å². The highest BCUT2D eigenvalue weighted by molar-refractivity contribution is 9.10. The van der Waals surface area contributed by atoms with Crippen molar-refractivity contribution in [2.75, 3.05) is 0 Å². The number of hydrogen-bond donors (Lipinski definition) is 2. The highest BCUT2D eigenvalue weighted by Crippen LogP contribution is 2.30. The molecule has 0 saturated heterocycles. The molecule has 1 amide bonds. The number of benzene rings is 1. The van der Waals surface area contributed by atoms with Gasteiger partial charge >= 0.3 is 0 Å². The Morgan fingerprint density at radius 1 is 1.44 bits per heavy atom. The number of thiazole rings is 1. The predicted molar refractivity (Wildman–Crippen MR) is 66.9 cm³/mol. The second-order valence-corrected chi connectivity index (χ2v) is 4.70. The Morgan fingerprint density at radius 2 is 2.19 bits per heavy atom. The third kappa shape index (κ3) is 2.13. The number of nitrogens with one attached hydrogen (secondary N) is 1. The van der Waals surface area contributed by atoms with E-state index in [1.54, 1.807) is 5.38 Å². The minimum absolute atomic E-state index is 0.332. The summed E-state index contributed by atoms with van der Waals surface area (Å²) in [5.41, 5.74) is 3.35. The fourth-order valence-electron chi connectivity index (χ4n) is 1.21. The summed E-state index contributed by atoms with van der Waals surface area (Å²) in [5, 5.41) is 2.46. The number of nitrogens with zero attached hydrogens (tertiary/aromatic N) is 1. The van der Waals surface area contributed by atoms with Gasteiger partial charge in [0.2, 0.25) is 0 Å². The number of hydrogen-bond acceptors (Lipinski definition) is 4. The molecular formula is C10H8BrN3OS. The SMILES string of the molecule is NNC(=O)c1csc(-c2ccccc2Br)n1. The summed E-state index contributed by atoms with van der Waals surface area (Å²) in [6.45, 7) is 0. The number of nitrogen functional groups attached to an aromatic ring is 1. The lowest BCUT2D eigenvalue weighted by Gasteiger charge is -1.98. The smallest absolute Gasteiger partial charge is 0.284 e. The number of carbonyl (C=O) groups excluding carboxylic acids is 1. The molecule has 2 aromatic rings. The first-order valence-corrected chi connectivity index (χ1v) is 6.11. The first kappa shape index (κ1) is 11.3. The van der Waals surface area contributed by atoms with Crippen LogP contribution >= 0.6 is 27.3 Å². The summed E-state index contributed by atoms with van der Waals surface area (Å²) < 4.78 is 0.948. The van der Waals surface area contributed by atoms with Crippen molar-refractivity contribution >= 4 is 33.2 Å². The molecule has 0 saturated carbocycles. The number of hydrazine groups is 1. The largest absolute Gasteiger partial charge is 0.289 e. The summed E-state index contributed by atoms with van der Waals surface area (Å²) in [6, 6.07) is 7.71. The molecule has 3 N–H and O–H groups in total. The highest BCUT2D eigenvalue weighted by Gasteiger charge is 2.11. The maximum absolute atomic E-state index is 11.2. The van der Waals surface area contributed by atoms with E-state index >= 15 is 0 Å². The summed E-state index contributed by atoms with van der Waals surface area (Å²) in [7, 11) is 0. The molecule has 4 nitrogen and oxygen atoms in total. The number of amides is 1. The van der Waals surface area contributed by atoms with Crippen molar-refractivity contribution in [1.82, 2.24) is 10.4 Å². The molecule has 0 radical (unpaired) electrons. The van der Waals surface area contributed by atoms with Gasteiger partial charge in [-0.25, -0.2) is 10.8 Å². The van der Waals surface area contributed by atoms with E-state index in [1.807, 2.05) is 24.3 Å². The van der Waals surface area contributed by atoms with E-state index in [-0.39, 0.29) is 5.91 Å². The van der Waals surface area contributed by atoms with Gasteiger partial charge in [-0.15, -0.1) is 11.3 Å². The van der Waals surface area contributed by atoms with Crippen LogP contribution in [0.2, 0.25) is 0 Å². The fourth-order valence-corrected chi connectivity index (χ4v) is 2.65. The van der Waals surface area contributed by atoms with E-state index in [0.717, 1.165) is 15.0 Å². The standard InChI is InChI=1S/C10H8BrN3OS/c11-7-4-2-1-3-6(7)10-13-8(5-16-10)9(15)14-12/h1-5H,12H2,(H,14,15). The van der Waals surface area contributed by atoms with Gasteiger partial charge in [0.15, 0.2) is 0 Å². The molecule has 1 heterocycles. The number of halogens is 1. The van der Waals surface area contributed by atoms with Gasteiger partial charge in [0.1, 0.15) is 10.7 Å². The number of carbonyl (C=O) groups is 1. The second kappa shape index (κ2) is 4.73. The first-order valence-electron chi connectivity index (χ1n) is 4.43. The van der Waals surface area contributed by atoms with E-state index in [0.29, 0.717) is 5.69 Å². The molecule has 0 spiro atoms. The zero-order chi connectivity index (χ0) is 11.5. The monoisotopic (exact) mass is 297 g/mol. The lowest BCUT2D eigenvalue weighted by Crippen LogP contribution is -2.30. The highest BCUT2D eigenvalue weighted by atomic mass is 79.9. The van der Waals surface area contributed by atoms with Crippen molar-refractivity contribution in [2.24, 2.45) is 5.84 Å². The van der Waals surface area contributed by atoms with Crippen LogP contribution in [0, 0.1) is 0 Å². The van der Waals surface area contributed by atoms with Crippen LogP contribution in [-0.2, 0) is 0 Å². The normalized spacial score (nSPS) is 10.1. The zero-order valence-corrected chi connectivity index (χ0v) is 10.5. The average molecular weight is 298 g/mol. The van der Waals surface area contributed by atoms with Crippen molar-refractivity contribution < 1.29 is 4.79 Å². The van der Waals surface area contributed by atoms with Gasteiger partial charge in [-0.2, -0.15) is 0 Å². The van der Waals surface area contributed by atoms with Crippen molar-refractivity contribution in [3.63, 3.8) is 0 Å². The number of rotatable bonds is 2. The van der Waals surface area contributed by atoms with Crippen LogP contribution in [-0.4, -0.2) is 10.9 Å². The number of nitrogens with two attached hydrogens (primary N) is 1. The fraction of sp³-hybridized carbons (Fsp3) is 0. The minimum atomic E-state index is -0.380. The van der Waals surface area contributed by atoms with Crippen LogP contribution < -0.4 is 11.3 Å². The van der Waals surface area contributed by atoms with Crippen LogP contribution in [0.15, 0.2) is 34.1 Å². The average Bonchev–Trinajstić information content (AvgIpc) is 2.78. The minimum Gasteiger partial charge on any atom is -0.289 e. The molecule has 16 heavy (non-hydrogen) atoms. The van der Waals surface area contributed by atoms with Gasteiger partial charge in [0.25, 0.3) is 5.91 Å². The molecule has 0 bridgehead atoms. The van der Waals surface area contributed by atoms with Crippen LogP contribution in [0.1, 0.15) is 10.5 Å². The molecule has 6 heteroatoms. The molecule has 0 fully saturated rings. The lowest BCUT2D eigenvalue weighted by atomic mass is 10.2. The van der Waals surface area contributed by atoms with Crippen LogP contribution in [0.4, 0.5) is 0 Å². The van der Waals surface area contributed by atoms with Crippen molar-refractivity contribution in [3.8, 4) is 10.6 Å². The van der Waals surface area contributed by atoms with Crippen molar-refractivity contribution in [1.29, 1.82) is 0 Å². The first-order chi connectivity index (χ1) is 7.72. The van der Waals surface area contributed by atoms with Crippen molar-refractivity contribution in [2.45, 2.75) is 0 Å². The molecule has 0 unspecified atom stereocenters. The third-order valence-corrected chi connectivity index (χ3v) is 3.54. The number of aromatic nitrogens is 1. The summed E-state index contributed by atoms with van der Waals surface area (Å²) in [5.74, 6) is 4.66.